The molecule has 4 rings (SSSR count). The summed E-state index contributed by atoms with van der Waals surface area (Å²) < 4.78 is 0. The second-order valence-electron chi connectivity index (χ2n) is 7.07. The molecule has 1 N–H and O–H groups in total. The number of hydrogen-bond acceptors (Lipinski definition) is 3. The number of aromatic nitrogens is 1. The average molecular weight is 310 g/mol. The number of carbonyl (C=O) groups is 2. The largest absolute Gasteiger partial charge is 0.351 e. The molecule has 120 valence electrons. The second-order valence-corrected chi connectivity index (χ2v) is 7.07. The minimum atomic E-state index is -0.0666. The summed E-state index contributed by atoms with van der Waals surface area (Å²) in [5.41, 5.74) is 2.04. The Bertz CT molecular complexity index is 792. The van der Waals surface area contributed by atoms with E-state index in [2.05, 4.69) is 23.9 Å². The Hall–Kier alpha value is -1.94. The van der Waals surface area contributed by atoms with Crippen molar-refractivity contribution in [3.05, 3.63) is 35.5 Å². The molecule has 4 nitrogen and oxygen atoms in total. The van der Waals surface area contributed by atoms with Gasteiger partial charge >= 0.3 is 0 Å². The molecule has 3 atom stereocenters. The number of carbonyl (C=O) groups excluding carboxylic acids is 2. The number of aromatic amines is 1. The molecular weight excluding hydrogens is 288 g/mol. The maximum Gasteiger partial charge on any atom is 0.180 e. The fourth-order valence-corrected chi connectivity index (χ4v) is 4.54. The van der Waals surface area contributed by atoms with Crippen molar-refractivity contribution in [1.82, 2.24) is 9.88 Å². The molecule has 23 heavy (non-hydrogen) atoms. The van der Waals surface area contributed by atoms with E-state index in [1.807, 2.05) is 24.3 Å². The number of nitrogens with zero attached hydrogens (tertiary/aromatic N) is 1. The molecule has 0 saturated carbocycles. The van der Waals surface area contributed by atoms with Crippen molar-refractivity contribution in [2.75, 3.05) is 20.1 Å². The molecule has 2 aromatic rings. The molecule has 0 spiro atoms. The number of piperidine rings is 1. The first kappa shape index (κ1) is 14.6. The highest BCUT2D eigenvalue weighted by Gasteiger charge is 2.44. The van der Waals surface area contributed by atoms with E-state index in [9.17, 15) is 9.59 Å². The summed E-state index contributed by atoms with van der Waals surface area (Å²) in [7, 11) is 2.08. The van der Waals surface area contributed by atoms with Gasteiger partial charge in [0.15, 0.2) is 11.6 Å². The molecule has 1 aromatic heterocycles. The Morgan fingerprint density at radius 3 is 2.78 bits per heavy atom. The standard InChI is InChI=1S/C19H22N2O2/c1-3-11-9-21(2)10-14-13(11)8-16(22)18-17(19(14)23)12-6-4-5-7-15(12)20-18/h4-7,11,13-14,20H,3,8-10H2,1-2H3/t11-,13-,14+/m0/s1. The van der Waals surface area contributed by atoms with Crippen LogP contribution in [0.1, 0.15) is 40.6 Å². The second kappa shape index (κ2) is 5.31. The highest BCUT2D eigenvalue weighted by molar-refractivity contribution is 6.18. The van der Waals surface area contributed by atoms with Crippen molar-refractivity contribution in [2.24, 2.45) is 17.8 Å². The lowest BCUT2D eigenvalue weighted by Crippen LogP contribution is -2.47. The number of rotatable bonds is 1. The van der Waals surface area contributed by atoms with Crippen LogP contribution in [0.5, 0.6) is 0 Å². The fourth-order valence-electron chi connectivity index (χ4n) is 4.54. The summed E-state index contributed by atoms with van der Waals surface area (Å²) >= 11 is 0. The van der Waals surface area contributed by atoms with Gasteiger partial charge in [-0.05, 0) is 24.9 Å². The molecule has 1 saturated heterocycles. The van der Waals surface area contributed by atoms with Gasteiger partial charge in [0.25, 0.3) is 0 Å². The van der Waals surface area contributed by atoms with E-state index in [0.29, 0.717) is 23.6 Å². The normalized spacial score (nSPS) is 28.5. The van der Waals surface area contributed by atoms with Gasteiger partial charge < -0.3 is 9.88 Å². The lowest BCUT2D eigenvalue weighted by Gasteiger charge is -2.40. The lowest BCUT2D eigenvalue weighted by atomic mass is 9.73. The van der Waals surface area contributed by atoms with Crippen LogP contribution in [0.4, 0.5) is 0 Å². The zero-order valence-electron chi connectivity index (χ0n) is 13.6. The van der Waals surface area contributed by atoms with Crippen molar-refractivity contribution in [3.63, 3.8) is 0 Å². The first-order chi connectivity index (χ1) is 11.1. The van der Waals surface area contributed by atoms with Gasteiger partial charge in [-0.15, -0.1) is 0 Å². The van der Waals surface area contributed by atoms with Crippen LogP contribution in [0.15, 0.2) is 24.3 Å². The maximum atomic E-state index is 13.3. The SMILES string of the molecule is CC[C@H]1CN(C)C[C@H]2C(=O)c3c([nH]c4ccccc34)C(=O)C[C@@H]12. The number of ketones is 2. The number of fused-ring (bicyclic) bond motifs is 4. The van der Waals surface area contributed by atoms with Crippen LogP contribution in [-0.2, 0) is 0 Å². The first-order valence-electron chi connectivity index (χ1n) is 8.46. The van der Waals surface area contributed by atoms with Gasteiger partial charge in [0.05, 0.1) is 11.3 Å². The third-order valence-corrected chi connectivity index (χ3v) is 5.69. The van der Waals surface area contributed by atoms with Crippen LogP contribution < -0.4 is 0 Å². The Balaban J connectivity index is 1.88. The predicted octanol–water partition coefficient (Wildman–Crippen LogP) is 3.14. The van der Waals surface area contributed by atoms with Gasteiger partial charge in [-0.25, -0.2) is 0 Å². The third kappa shape index (κ3) is 2.16. The van der Waals surface area contributed by atoms with Crippen LogP contribution in [0.2, 0.25) is 0 Å². The molecule has 0 amide bonds. The van der Waals surface area contributed by atoms with Gasteiger partial charge in [-0.1, -0.05) is 31.5 Å². The fraction of sp³-hybridized carbons (Fsp3) is 0.474. The van der Waals surface area contributed by atoms with Crippen LogP contribution in [0, 0.1) is 17.8 Å². The topological polar surface area (TPSA) is 53.2 Å². The Morgan fingerprint density at radius 1 is 1.22 bits per heavy atom. The number of H-pyrrole nitrogens is 1. The predicted molar refractivity (Wildman–Crippen MR) is 89.8 cm³/mol. The molecule has 0 bridgehead atoms. The highest BCUT2D eigenvalue weighted by atomic mass is 16.1. The number of Topliss-reactive ketones (excluding diaryl/α,β-unsaturated/α-hetero) is 2. The van der Waals surface area contributed by atoms with E-state index in [0.717, 1.165) is 30.4 Å². The zero-order chi connectivity index (χ0) is 16.1. The monoisotopic (exact) mass is 310 g/mol. The van der Waals surface area contributed by atoms with Crippen molar-refractivity contribution >= 4 is 22.5 Å². The molecule has 0 radical (unpaired) electrons. The minimum absolute atomic E-state index is 0.0666. The average Bonchev–Trinajstić information content (AvgIpc) is 2.90. The van der Waals surface area contributed by atoms with Gasteiger partial charge in [0.1, 0.15) is 0 Å². The summed E-state index contributed by atoms with van der Waals surface area (Å²) in [6, 6.07) is 7.74. The molecule has 4 heteroatoms. The Morgan fingerprint density at radius 2 is 2.00 bits per heavy atom. The molecular formula is C19H22N2O2. The van der Waals surface area contributed by atoms with Gasteiger partial charge in [0.2, 0.25) is 0 Å². The van der Waals surface area contributed by atoms with E-state index >= 15 is 0 Å². The smallest absolute Gasteiger partial charge is 0.180 e. The molecule has 1 aliphatic heterocycles. The van der Waals surface area contributed by atoms with Crippen LogP contribution >= 0.6 is 0 Å². The number of para-hydroxylation sites is 1. The molecule has 0 unspecified atom stereocenters. The van der Waals surface area contributed by atoms with Crippen LogP contribution in [0.3, 0.4) is 0 Å². The van der Waals surface area contributed by atoms with Crippen LogP contribution in [0.25, 0.3) is 10.9 Å². The highest BCUT2D eigenvalue weighted by Crippen LogP contribution is 2.40. The number of nitrogens with one attached hydrogen (secondary N) is 1. The zero-order valence-corrected chi connectivity index (χ0v) is 13.6. The molecule has 2 heterocycles. The summed E-state index contributed by atoms with van der Waals surface area (Å²) in [6.45, 7) is 3.90. The third-order valence-electron chi connectivity index (χ3n) is 5.69. The van der Waals surface area contributed by atoms with E-state index in [1.54, 1.807) is 0 Å². The summed E-state index contributed by atoms with van der Waals surface area (Å²) in [4.78, 5) is 31.6. The summed E-state index contributed by atoms with van der Waals surface area (Å²) in [5.74, 6) is 0.777. The van der Waals surface area contributed by atoms with E-state index in [4.69, 9.17) is 0 Å². The summed E-state index contributed by atoms with van der Waals surface area (Å²) in [6.07, 6.45) is 1.50. The Labute approximate surface area is 135 Å². The number of benzene rings is 1. The molecule has 1 fully saturated rings. The number of hydrogen-bond donors (Lipinski definition) is 1. The van der Waals surface area contributed by atoms with Gasteiger partial charge in [-0.2, -0.15) is 0 Å². The van der Waals surface area contributed by atoms with Crippen molar-refractivity contribution in [1.29, 1.82) is 0 Å². The van der Waals surface area contributed by atoms with E-state index < -0.39 is 0 Å². The minimum Gasteiger partial charge on any atom is -0.351 e. The van der Waals surface area contributed by atoms with Crippen LogP contribution in [-0.4, -0.2) is 41.6 Å². The van der Waals surface area contributed by atoms with E-state index in [1.165, 1.54) is 0 Å². The quantitative estimate of drug-likeness (QED) is 0.880. The molecule has 1 aliphatic carbocycles. The summed E-state index contributed by atoms with van der Waals surface area (Å²) in [5, 5.41) is 0.891. The van der Waals surface area contributed by atoms with Crippen molar-refractivity contribution in [3.8, 4) is 0 Å². The lowest BCUT2D eigenvalue weighted by molar-refractivity contribution is 0.0519. The van der Waals surface area contributed by atoms with Crippen molar-refractivity contribution in [2.45, 2.75) is 19.8 Å². The molecule has 2 aliphatic rings. The van der Waals surface area contributed by atoms with Gasteiger partial charge in [-0.3, -0.25) is 9.59 Å². The number of likely N-dealkylation sites (tertiary alicyclic amines) is 1. The molecule has 1 aromatic carbocycles. The van der Waals surface area contributed by atoms with Gasteiger partial charge in [0, 0.05) is 36.3 Å². The van der Waals surface area contributed by atoms with Crippen molar-refractivity contribution < 1.29 is 9.59 Å². The van der Waals surface area contributed by atoms with E-state index in [-0.39, 0.29) is 23.4 Å². The Kier molecular flexibility index (Phi) is 3.38. The maximum absolute atomic E-state index is 13.3. The first-order valence-corrected chi connectivity index (χ1v) is 8.46.